The SMILES string of the molecule is CCC(C)COc1ccc(CC(=O)Cc2ccc(OCC(O)CC)cc2)cc1. The molecule has 0 saturated heterocycles. The number of aliphatic hydroxyl groups is 1. The van der Waals surface area contributed by atoms with Crippen molar-refractivity contribution in [3.8, 4) is 11.5 Å². The summed E-state index contributed by atoms with van der Waals surface area (Å²) < 4.78 is 11.3. The molecule has 2 unspecified atom stereocenters. The van der Waals surface area contributed by atoms with E-state index in [9.17, 15) is 9.90 Å². The Labute approximate surface area is 168 Å². The number of hydrogen-bond acceptors (Lipinski definition) is 4. The first-order valence-electron chi connectivity index (χ1n) is 10.1. The van der Waals surface area contributed by atoms with Crippen LogP contribution in [0.15, 0.2) is 48.5 Å². The molecule has 0 saturated carbocycles. The van der Waals surface area contributed by atoms with Gasteiger partial charge in [0.1, 0.15) is 23.9 Å². The molecule has 4 nitrogen and oxygen atoms in total. The number of ether oxygens (including phenoxy) is 2. The summed E-state index contributed by atoms with van der Waals surface area (Å²) in [6.07, 6.45) is 2.11. The third-order valence-electron chi connectivity index (χ3n) is 4.79. The molecule has 0 fully saturated rings. The molecule has 0 aromatic heterocycles. The zero-order valence-corrected chi connectivity index (χ0v) is 17.2. The lowest BCUT2D eigenvalue weighted by Crippen LogP contribution is -2.15. The number of carbonyl (C=O) groups is 1. The van der Waals surface area contributed by atoms with Crippen molar-refractivity contribution in [1.29, 1.82) is 0 Å². The van der Waals surface area contributed by atoms with E-state index < -0.39 is 6.10 Å². The molecule has 0 bridgehead atoms. The first kappa shape index (κ1) is 22.0. The van der Waals surface area contributed by atoms with Crippen LogP contribution in [0.25, 0.3) is 0 Å². The van der Waals surface area contributed by atoms with Crippen molar-refractivity contribution in [3.05, 3.63) is 59.7 Å². The Morgan fingerprint density at radius 3 is 1.71 bits per heavy atom. The molecule has 0 heterocycles. The van der Waals surface area contributed by atoms with Crippen molar-refractivity contribution >= 4 is 5.78 Å². The first-order chi connectivity index (χ1) is 13.5. The average molecular weight is 385 g/mol. The van der Waals surface area contributed by atoms with Crippen LogP contribution in [-0.4, -0.2) is 30.2 Å². The smallest absolute Gasteiger partial charge is 0.141 e. The normalized spacial score (nSPS) is 13.0. The van der Waals surface area contributed by atoms with Gasteiger partial charge in [-0.05, 0) is 47.7 Å². The minimum Gasteiger partial charge on any atom is -0.493 e. The molecule has 152 valence electrons. The molecule has 4 heteroatoms. The number of ketones is 1. The van der Waals surface area contributed by atoms with E-state index in [4.69, 9.17) is 9.47 Å². The Hall–Kier alpha value is -2.33. The van der Waals surface area contributed by atoms with Crippen molar-refractivity contribution in [2.24, 2.45) is 5.92 Å². The first-order valence-corrected chi connectivity index (χ1v) is 10.1. The third kappa shape index (κ3) is 7.73. The summed E-state index contributed by atoms with van der Waals surface area (Å²) in [5, 5.41) is 9.54. The zero-order chi connectivity index (χ0) is 20.4. The molecular weight excluding hydrogens is 352 g/mol. The second-order valence-electron chi connectivity index (χ2n) is 7.38. The fraction of sp³-hybridized carbons (Fsp3) is 0.458. The highest BCUT2D eigenvalue weighted by molar-refractivity contribution is 5.83. The van der Waals surface area contributed by atoms with Crippen molar-refractivity contribution < 1.29 is 19.4 Å². The van der Waals surface area contributed by atoms with Crippen LogP contribution in [0.1, 0.15) is 44.7 Å². The van der Waals surface area contributed by atoms with Gasteiger partial charge in [0.05, 0.1) is 12.7 Å². The van der Waals surface area contributed by atoms with E-state index in [0.29, 0.717) is 37.5 Å². The molecule has 1 N–H and O–H groups in total. The third-order valence-corrected chi connectivity index (χ3v) is 4.79. The van der Waals surface area contributed by atoms with E-state index in [-0.39, 0.29) is 12.4 Å². The Balaban J connectivity index is 1.80. The van der Waals surface area contributed by atoms with Gasteiger partial charge >= 0.3 is 0 Å². The summed E-state index contributed by atoms with van der Waals surface area (Å²) >= 11 is 0. The van der Waals surface area contributed by atoms with Gasteiger partial charge in [-0.25, -0.2) is 0 Å². The predicted molar refractivity (Wildman–Crippen MR) is 112 cm³/mol. The van der Waals surface area contributed by atoms with Gasteiger partial charge in [0.25, 0.3) is 0 Å². The standard InChI is InChI=1S/C24H32O4/c1-4-18(3)16-27-23-10-6-19(7-11-23)14-22(26)15-20-8-12-24(13-9-20)28-17-21(25)5-2/h6-13,18,21,25H,4-5,14-17H2,1-3H3. The van der Waals surface area contributed by atoms with Gasteiger partial charge < -0.3 is 14.6 Å². The average Bonchev–Trinajstić information content (AvgIpc) is 2.72. The molecule has 2 atom stereocenters. The molecule has 0 radical (unpaired) electrons. The van der Waals surface area contributed by atoms with Crippen LogP contribution >= 0.6 is 0 Å². The largest absolute Gasteiger partial charge is 0.493 e. The van der Waals surface area contributed by atoms with Gasteiger partial charge in [-0.1, -0.05) is 51.5 Å². The maximum Gasteiger partial charge on any atom is 0.141 e. The lowest BCUT2D eigenvalue weighted by Gasteiger charge is -2.11. The van der Waals surface area contributed by atoms with Crippen LogP contribution in [0.4, 0.5) is 0 Å². The topological polar surface area (TPSA) is 55.8 Å². The van der Waals surface area contributed by atoms with Gasteiger partial charge in [0.2, 0.25) is 0 Å². The predicted octanol–water partition coefficient (Wildman–Crippen LogP) is 4.62. The van der Waals surface area contributed by atoms with Crippen LogP contribution < -0.4 is 9.47 Å². The molecule has 0 spiro atoms. The van der Waals surface area contributed by atoms with E-state index >= 15 is 0 Å². The van der Waals surface area contributed by atoms with Crippen molar-refractivity contribution in [3.63, 3.8) is 0 Å². The summed E-state index contributed by atoms with van der Waals surface area (Å²) in [7, 11) is 0. The fourth-order valence-corrected chi connectivity index (χ4v) is 2.59. The summed E-state index contributed by atoms with van der Waals surface area (Å²) in [4.78, 5) is 12.4. The number of hydrogen-bond donors (Lipinski definition) is 1. The molecule has 0 aliphatic heterocycles. The Bertz CT molecular complexity index is 645. The van der Waals surface area contributed by atoms with Gasteiger partial charge in [-0.3, -0.25) is 4.79 Å². The Morgan fingerprint density at radius 2 is 1.29 bits per heavy atom. The monoisotopic (exact) mass is 384 g/mol. The number of Topliss-reactive ketones (excluding diaryl/α,β-unsaturated/α-hetero) is 1. The molecule has 0 aliphatic carbocycles. The quantitative estimate of drug-likeness (QED) is 0.580. The molecule has 2 aromatic carbocycles. The zero-order valence-electron chi connectivity index (χ0n) is 17.2. The summed E-state index contributed by atoms with van der Waals surface area (Å²) in [5.74, 6) is 2.26. The molecule has 28 heavy (non-hydrogen) atoms. The fourth-order valence-electron chi connectivity index (χ4n) is 2.59. The number of carbonyl (C=O) groups excluding carboxylic acids is 1. The minimum absolute atomic E-state index is 0.170. The molecule has 2 rings (SSSR count). The molecule has 0 aliphatic rings. The van der Waals surface area contributed by atoms with Crippen molar-refractivity contribution in [2.45, 2.75) is 52.6 Å². The van der Waals surface area contributed by atoms with Crippen LogP contribution in [0.2, 0.25) is 0 Å². The second-order valence-corrected chi connectivity index (χ2v) is 7.38. The van der Waals surface area contributed by atoms with Crippen LogP contribution in [0.5, 0.6) is 11.5 Å². The minimum atomic E-state index is -0.451. The van der Waals surface area contributed by atoms with Gasteiger partial charge in [0, 0.05) is 12.8 Å². The highest BCUT2D eigenvalue weighted by atomic mass is 16.5. The molecular formula is C24H32O4. The van der Waals surface area contributed by atoms with E-state index in [1.54, 1.807) is 0 Å². The van der Waals surface area contributed by atoms with E-state index in [1.807, 2.05) is 55.5 Å². The summed E-state index contributed by atoms with van der Waals surface area (Å²) in [6.45, 7) is 7.23. The summed E-state index contributed by atoms with van der Waals surface area (Å²) in [5.41, 5.74) is 1.95. The second kappa shape index (κ2) is 11.5. The van der Waals surface area contributed by atoms with Gasteiger partial charge in [0.15, 0.2) is 0 Å². The van der Waals surface area contributed by atoms with E-state index in [1.165, 1.54) is 0 Å². The molecule has 2 aromatic rings. The molecule has 0 amide bonds. The summed E-state index contributed by atoms with van der Waals surface area (Å²) in [6, 6.07) is 15.3. The van der Waals surface area contributed by atoms with Gasteiger partial charge in [-0.15, -0.1) is 0 Å². The lowest BCUT2D eigenvalue weighted by atomic mass is 10.0. The Morgan fingerprint density at radius 1 is 0.821 bits per heavy atom. The lowest BCUT2D eigenvalue weighted by molar-refractivity contribution is -0.117. The maximum atomic E-state index is 12.4. The van der Waals surface area contributed by atoms with Crippen molar-refractivity contribution in [2.75, 3.05) is 13.2 Å². The maximum absolute atomic E-state index is 12.4. The van der Waals surface area contributed by atoms with E-state index in [0.717, 1.165) is 23.3 Å². The number of benzene rings is 2. The van der Waals surface area contributed by atoms with Crippen molar-refractivity contribution in [1.82, 2.24) is 0 Å². The van der Waals surface area contributed by atoms with Gasteiger partial charge in [-0.2, -0.15) is 0 Å². The van der Waals surface area contributed by atoms with E-state index in [2.05, 4.69) is 13.8 Å². The highest BCUT2D eigenvalue weighted by Gasteiger charge is 2.08. The van der Waals surface area contributed by atoms with Crippen LogP contribution in [0, 0.1) is 5.92 Å². The Kier molecular flexibility index (Phi) is 9.02. The number of rotatable bonds is 12. The highest BCUT2D eigenvalue weighted by Crippen LogP contribution is 2.16. The van der Waals surface area contributed by atoms with Crippen LogP contribution in [0.3, 0.4) is 0 Å². The number of aliphatic hydroxyl groups excluding tert-OH is 1. The van der Waals surface area contributed by atoms with Crippen LogP contribution in [-0.2, 0) is 17.6 Å².